The number of nitro groups is 1. The van der Waals surface area contributed by atoms with Crippen LogP contribution in [0.5, 0.6) is 5.75 Å². The molecular weight excluding hydrogens is 236 g/mol. The topological polar surface area (TPSA) is 96.2 Å². The molecule has 0 fully saturated rings. The van der Waals surface area contributed by atoms with Crippen molar-refractivity contribution in [3.8, 4) is 17.0 Å². The highest BCUT2D eigenvalue weighted by Gasteiger charge is 2.15. The summed E-state index contributed by atoms with van der Waals surface area (Å²) in [5.41, 5.74) is 6.95. The molecule has 1 aromatic carbocycles. The van der Waals surface area contributed by atoms with Crippen molar-refractivity contribution in [2.45, 2.75) is 0 Å². The van der Waals surface area contributed by atoms with E-state index in [2.05, 4.69) is 5.10 Å². The van der Waals surface area contributed by atoms with Crippen LogP contribution >= 0.6 is 0 Å². The van der Waals surface area contributed by atoms with E-state index in [1.165, 1.54) is 23.9 Å². The Balaban J connectivity index is 2.54. The van der Waals surface area contributed by atoms with E-state index in [-0.39, 0.29) is 5.69 Å². The van der Waals surface area contributed by atoms with Gasteiger partial charge < -0.3 is 10.5 Å². The summed E-state index contributed by atoms with van der Waals surface area (Å²) in [6, 6.07) is 6.05. The molecule has 7 heteroatoms. The first kappa shape index (κ1) is 11.9. The summed E-state index contributed by atoms with van der Waals surface area (Å²) in [5.74, 6) is 0.896. The number of nitrogen functional groups attached to an aromatic ring is 1. The number of anilines is 1. The van der Waals surface area contributed by atoms with Crippen molar-refractivity contribution >= 4 is 11.5 Å². The van der Waals surface area contributed by atoms with Crippen LogP contribution in [0, 0.1) is 10.1 Å². The fraction of sp³-hybridized carbons (Fsp3) is 0.182. The molecule has 94 valence electrons. The van der Waals surface area contributed by atoms with Gasteiger partial charge in [0.2, 0.25) is 0 Å². The average Bonchev–Trinajstić information content (AvgIpc) is 2.68. The Bertz CT molecular complexity index is 587. The second-order valence-electron chi connectivity index (χ2n) is 3.72. The van der Waals surface area contributed by atoms with Crippen LogP contribution in [-0.4, -0.2) is 21.8 Å². The van der Waals surface area contributed by atoms with Gasteiger partial charge in [-0.2, -0.15) is 5.10 Å². The summed E-state index contributed by atoms with van der Waals surface area (Å²) in [4.78, 5) is 10.2. The molecule has 0 spiro atoms. The first-order valence-electron chi connectivity index (χ1n) is 5.15. The van der Waals surface area contributed by atoms with Crippen molar-refractivity contribution in [1.82, 2.24) is 9.78 Å². The largest absolute Gasteiger partial charge is 0.496 e. The third-order valence-electron chi connectivity index (χ3n) is 2.59. The Morgan fingerprint density at radius 1 is 1.44 bits per heavy atom. The lowest BCUT2D eigenvalue weighted by Crippen LogP contribution is -1.97. The van der Waals surface area contributed by atoms with E-state index in [0.717, 1.165) is 0 Å². The van der Waals surface area contributed by atoms with Gasteiger partial charge in [-0.1, -0.05) is 0 Å². The van der Waals surface area contributed by atoms with E-state index in [1.54, 1.807) is 19.2 Å². The Morgan fingerprint density at radius 2 is 2.17 bits per heavy atom. The third kappa shape index (κ3) is 1.97. The minimum absolute atomic E-state index is 0.0282. The van der Waals surface area contributed by atoms with Gasteiger partial charge in [-0.3, -0.25) is 14.8 Å². The lowest BCUT2D eigenvalue weighted by Gasteiger charge is -2.05. The van der Waals surface area contributed by atoms with Gasteiger partial charge >= 0.3 is 0 Å². The SMILES string of the molecule is COc1cc([N+](=O)[O-])ccc1-c1cc(N)n(C)n1. The van der Waals surface area contributed by atoms with Gasteiger partial charge in [-0.25, -0.2) is 0 Å². The van der Waals surface area contributed by atoms with Crippen LogP contribution < -0.4 is 10.5 Å². The highest BCUT2D eigenvalue weighted by molar-refractivity contribution is 5.71. The van der Waals surface area contributed by atoms with Gasteiger partial charge in [-0.05, 0) is 6.07 Å². The molecule has 18 heavy (non-hydrogen) atoms. The summed E-state index contributed by atoms with van der Waals surface area (Å²) in [6.45, 7) is 0. The maximum atomic E-state index is 10.7. The number of nitrogens with two attached hydrogens (primary N) is 1. The van der Waals surface area contributed by atoms with Gasteiger partial charge in [0.1, 0.15) is 11.6 Å². The molecule has 0 amide bonds. The average molecular weight is 248 g/mol. The van der Waals surface area contributed by atoms with E-state index in [1.807, 2.05) is 0 Å². The Kier molecular flexibility index (Phi) is 2.88. The zero-order valence-electron chi connectivity index (χ0n) is 9.95. The van der Waals surface area contributed by atoms with Gasteiger partial charge in [-0.15, -0.1) is 0 Å². The quantitative estimate of drug-likeness (QED) is 0.657. The molecular formula is C11H12N4O3. The number of rotatable bonds is 3. The first-order valence-corrected chi connectivity index (χ1v) is 5.15. The fourth-order valence-corrected chi connectivity index (χ4v) is 1.62. The Hall–Kier alpha value is -2.57. The van der Waals surface area contributed by atoms with Gasteiger partial charge in [0.15, 0.2) is 0 Å². The summed E-state index contributed by atoms with van der Waals surface area (Å²) in [5, 5.41) is 14.9. The molecule has 1 heterocycles. The molecule has 0 aliphatic carbocycles. The lowest BCUT2D eigenvalue weighted by atomic mass is 10.1. The second-order valence-corrected chi connectivity index (χ2v) is 3.72. The monoisotopic (exact) mass is 248 g/mol. The van der Waals surface area contributed by atoms with Gasteiger partial charge in [0, 0.05) is 24.7 Å². The molecule has 0 unspecified atom stereocenters. The molecule has 0 saturated heterocycles. The summed E-state index contributed by atoms with van der Waals surface area (Å²) >= 11 is 0. The minimum atomic E-state index is -0.473. The molecule has 1 aromatic heterocycles. The van der Waals surface area contributed by atoms with Crippen LogP contribution in [-0.2, 0) is 7.05 Å². The normalized spacial score (nSPS) is 10.3. The molecule has 2 aromatic rings. The van der Waals surface area contributed by atoms with E-state index < -0.39 is 4.92 Å². The molecule has 0 saturated carbocycles. The molecule has 0 aliphatic heterocycles. The molecule has 7 nitrogen and oxygen atoms in total. The molecule has 2 N–H and O–H groups in total. The molecule has 0 atom stereocenters. The number of hydrogen-bond acceptors (Lipinski definition) is 5. The van der Waals surface area contributed by atoms with Crippen LogP contribution in [0.25, 0.3) is 11.3 Å². The van der Waals surface area contributed by atoms with Crippen molar-refractivity contribution in [2.24, 2.45) is 7.05 Å². The van der Waals surface area contributed by atoms with Crippen LogP contribution in [0.15, 0.2) is 24.3 Å². The summed E-state index contributed by atoms with van der Waals surface area (Å²) in [7, 11) is 3.17. The number of methoxy groups -OCH3 is 1. The van der Waals surface area contributed by atoms with E-state index in [0.29, 0.717) is 22.8 Å². The fourth-order valence-electron chi connectivity index (χ4n) is 1.62. The summed E-state index contributed by atoms with van der Waals surface area (Å²) < 4.78 is 6.67. The van der Waals surface area contributed by atoms with E-state index >= 15 is 0 Å². The van der Waals surface area contributed by atoms with E-state index in [4.69, 9.17) is 10.5 Å². The molecule has 0 bridgehead atoms. The van der Waals surface area contributed by atoms with Gasteiger partial charge in [0.05, 0.1) is 23.8 Å². The van der Waals surface area contributed by atoms with Crippen LogP contribution in [0.4, 0.5) is 11.5 Å². The van der Waals surface area contributed by atoms with Crippen molar-refractivity contribution in [3.63, 3.8) is 0 Å². The zero-order chi connectivity index (χ0) is 13.3. The Labute approximate surface area is 103 Å². The smallest absolute Gasteiger partial charge is 0.273 e. The van der Waals surface area contributed by atoms with Crippen molar-refractivity contribution < 1.29 is 9.66 Å². The second kappa shape index (κ2) is 4.36. The predicted molar refractivity (Wildman–Crippen MR) is 66.3 cm³/mol. The van der Waals surface area contributed by atoms with Gasteiger partial charge in [0.25, 0.3) is 5.69 Å². The number of non-ortho nitro benzene ring substituents is 1. The number of ether oxygens (including phenoxy) is 1. The first-order chi connectivity index (χ1) is 8.52. The molecule has 0 aliphatic rings. The maximum Gasteiger partial charge on any atom is 0.273 e. The maximum absolute atomic E-state index is 10.7. The van der Waals surface area contributed by atoms with Crippen molar-refractivity contribution in [3.05, 3.63) is 34.4 Å². The standard InChI is InChI=1S/C11H12N4O3/c1-14-11(12)6-9(13-14)8-4-3-7(15(16)17)5-10(8)18-2/h3-6H,12H2,1-2H3. The molecule has 2 rings (SSSR count). The number of nitrogens with zero attached hydrogens (tertiary/aromatic N) is 3. The number of nitro benzene ring substituents is 1. The van der Waals surface area contributed by atoms with Crippen molar-refractivity contribution in [1.29, 1.82) is 0 Å². The van der Waals surface area contributed by atoms with Crippen LogP contribution in [0.2, 0.25) is 0 Å². The highest BCUT2D eigenvalue weighted by Crippen LogP contribution is 2.32. The summed E-state index contributed by atoms with van der Waals surface area (Å²) in [6.07, 6.45) is 0. The highest BCUT2D eigenvalue weighted by atomic mass is 16.6. The lowest BCUT2D eigenvalue weighted by molar-refractivity contribution is -0.384. The van der Waals surface area contributed by atoms with Crippen molar-refractivity contribution in [2.75, 3.05) is 12.8 Å². The number of hydrogen-bond donors (Lipinski definition) is 1. The minimum Gasteiger partial charge on any atom is -0.496 e. The molecule has 0 radical (unpaired) electrons. The zero-order valence-corrected chi connectivity index (χ0v) is 9.95. The predicted octanol–water partition coefficient (Wildman–Crippen LogP) is 1.59. The number of aromatic nitrogens is 2. The van der Waals surface area contributed by atoms with Crippen LogP contribution in [0.3, 0.4) is 0 Å². The Morgan fingerprint density at radius 3 is 2.67 bits per heavy atom. The third-order valence-corrected chi connectivity index (χ3v) is 2.59. The number of aryl methyl sites for hydroxylation is 1. The van der Waals surface area contributed by atoms with Crippen LogP contribution in [0.1, 0.15) is 0 Å². The number of benzene rings is 1. The van der Waals surface area contributed by atoms with E-state index in [9.17, 15) is 10.1 Å².